The van der Waals surface area contributed by atoms with Crippen molar-refractivity contribution in [2.75, 3.05) is 6.54 Å². The number of benzene rings is 1. The lowest BCUT2D eigenvalue weighted by Gasteiger charge is -2.32. The van der Waals surface area contributed by atoms with Gasteiger partial charge in [0.25, 0.3) is 0 Å². The van der Waals surface area contributed by atoms with Crippen LogP contribution in [0, 0.1) is 12.3 Å². The molecule has 1 saturated heterocycles. The molecule has 1 heterocycles. The molecule has 138 valence electrons. The van der Waals surface area contributed by atoms with Crippen molar-refractivity contribution in [1.82, 2.24) is 5.32 Å². The van der Waals surface area contributed by atoms with Gasteiger partial charge in [0.2, 0.25) is 5.91 Å². The summed E-state index contributed by atoms with van der Waals surface area (Å²) < 4.78 is 12.3. The summed E-state index contributed by atoms with van der Waals surface area (Å²) in [5.41, 5.74) is 2.41. The minimum atomic E-state index is -0.400. The van der Waals surface area contributed by atoms with Crippen molar-refractivity contribution in [3.63, 3.8) is 0 Å². The standard InChI is InChI=1S/C20H32BNO3/c1-14-15(12-17(23)22-13-18(2,3)4)10-9-11-16(14)21-24-19(5,6)20(7,8)25-21/h9-11H,12-13H2,1-8H3,(H,22,23). The van der Waals surface area contributed by atoms with Crippen LogP contribution in [0.1, 0.15) is 59.6 Å². The lowest BCUT2D eigenvalue weighted by molar-refractivity contribution is -0.120. The zero-order valence-corrected chi connectivity index (χ0v) is 16.9. The summed E-state index contributed by atoms with van der Waals surface area (Å²) in [5, 5.41) is 3.01. The Bertz CT molecular complexity index is 631. The topological polar surface area (TPSA) is 47.6 Å². The van der Waals surface area contributed by atoms with Crippen LogP contribution in [0.4, 0.5) is 0 Å². The molecule has 1 aliphatic heterocycles. The molecule has 25 heavy (non-hydrogen) atoms. The lowest BCUT2D eigenvalue weighted by atomic mass is 9.75. The third kappa shape index (κ3) is 4.65. The molecule has 0 unspecified atom stereocenters. The van der Waals surface area contributed by atoms with E-state index in [1.54, 1.807) is 0 Å². The van der Waals surface area contributed by atoms with Gasteiger partial charge in [-0.2, -0.15) is 0 Å². The summed E-state index contributed by atoms with van der Waals surface area (Å²) >= 11 is 0. The number of amides is 1. The van der Waals surface area contributed by atoms with Crippen LogP contribution in [-0.4, -0.2) is 30.8 Å². The van der Waals surface area contributed by atoms with E-state index in [1.165, 1.54) is 0 Å². The third-order valence-electron chi connectivity index (χ3n) is 5.16. The van der Waals surface area contributed by atoms with Crippen molar-refractivity contribution in [3.8, 4) is 0 Å². The normalized spacial score (nSPS) is 19.1. The zero-order valence-electron chi connectivity index (χ0n) is 16.9. The van der Waals surface area contributed by atoms with Crippen LogP contribution in [0.15, 0.2) is 18.2 Å². The van der Waals surface area contributed by atoms with E-state index in [4.69, 9.17) is 9.31 Å². The fourth-order valence-electron chi connectivity index (χ4n) is 2.72. The quantitative estimate of drug-likeness (QED) is 0.854. The molecule has 0 spiro atoms. The number of carbonyl (C=O) groups is 1. The highest BCUT2D eigenvalue weighted by atomic mass is 16.7. The van der Waals surface area contributed by atoms with Gasteiger partial charge in [-0.05, 0) is 56.6 Å². The SMILES string of the molecule is Cc1c(CC(=O)NCC(C)(C)C)cccc1B1OC(C)(C)C(C)(C)O1. The van der Waals surface area contributed by atoms with Crippen molar-refractivity contribution in [2.45, 2.75) is 73.0 Å². The number of rotatable bonds is 4. The van der Waals surface area contributed by atoms with Crippen LogP contribution >= 0.6 is 0 Å². The highest BCUT2D eigenvalue weighted by molar-refractivity contribution is 6.62. The van der Waals surface area contributed by atoms with Gasteiger partial charge in [0.05, 0.1) is 17.6 Å². The second-order valence-corrected chi connectivity index (χ2v) is 9.23. The first-order valence-corrected chi connectivity index (χ1v) is 9.03. The van der Waals surface area contributed by atoms with Crippen LogP contribution in [0.25, 0.3) is 0 Å². The first-order valence-electron chi connectivity index (χ1n) is 9.03. The van der Waals surface area contributed by atoms with Crippen molar-refractivity contribution >= 4 is 18.5 Å². The van der Waals surface area contributed by atoms with Crippen molar-refractivity contribution in [1.29, 1.82) is 0 Å². The molecule has 0 radical (unpaired) electrons. The molecule has 0 aliphatic carbocycles. The smallest absolute Gasteiger partial charge is 0.399 e. The fraction of sp³-hybridized carbons (Fsp3) is 0.650. The summed E-state index contributed by atoms with van der Waals surface area (Å²) in [5.74, 6) is 0.0455. The molecular weight excluding hydrogens is 313 g/mol. The maximum atomic E-state index is 12.3. The molecule has 5 heteroatoms. The van der Waals surface area contributed by atoms with Gasteiger partial charge in [-0.15, -0.1) is 0 Å². The predicted octanol–water partition coefficient (Wildman–Crippen LogP) is 3.00. The van der Waals surface area contributed by atoms with Crippen LogP contribution < -0.4 is 10.8 Å². The van der Waals surface area contributed by atoms with Crippen molar-refractivity contribution in [2.24, 2.45) is 5.41 Å². The molecule has 1 amide bonds. The van der Waals surface area contributed by atoms with Crippen molar-refractivity contribution < 1.29 is 14.1 Å². The second-order valence-electron chi connectivity index (χ2n) is 9.23. The Labute approximate surface area is 152 Å². The Morgan fingerprint density at radius 1 is 1.12 bits per heavy atom. The van der Waals surface area contributed by atoms with Crippen molar-refractivity contribution in [3.05, 3.63) is 29.3 Å². The van der Waals surface area contributed by atoms with Gasteiger partial charge in [0.1, 0.15) is 0 Å². The van der Waals surface area contributed by atoms with E-state index in [1.807, 2.05) is 52.8 Å². The number of carbonyl (C=O) groups excluding carboxylic acids is 1. The number of hydrogen-bond acceptors (Lipinski definition) is 3. The van der Waals surface area contributed by atoms with Gasteiger partial charge in [-0.3, -0.25) is 4.79 Å². The summed E-state index contributed by atoms with van der Waals surface area (Å²) in [6.07, 6.45) is 0.370. The molecule has 1 N–H and O–H groups in total. The Hall–Kier alpha value is -1.33. The highest BCUT2D eigenvalue weighted by Crippen LogP contribution is 2.36. The molecule has 1 aromatic rings. The van der Waals surface area contributed by atoms with E-state index in [0.717, 1.165) is 16.6 Å². The van der Waals surface area contributed by atoms with Crippen LogP contribution in [0.5, 0.6) is 0 Å². The fourth-order valence-corrected chi connectivity index (χ4v) is 2.72. The van der Waals surface area contributed by atoms with Gasteiger partial charge in [0.15, 0.2) is 0 Å². The monoisotopic (exact) mass is 345 g/mol. The first-order chi connectivity index (χ1) is 11.3. The van der Waals surface area contributed by atoms with E-state index in [0.29, 0.717) is 13.0 Å². The molecule has 0 atom stereocenters. The summed E-state index contributed by atoms with van der Waals surface area (Å²) in [6, 6.07) is 5.99. The average Bonchev–Trinajstić information content (AvgIpc) is 2.66. The molecule has 4 nitrogen and oxygen atoms in total. The van der Waals surface area contributed by atoms with E-state index in [9.17, 15) is 4.79 Å². The molecule has 0 aromatic heterocycles. The molecule has 0 bridgehead atoms. The van der Waals surface area contributed by atoms with Gasteiger partial charge in [-0.25, -0.2) is 0 Å². The van der Waals surface area contributed by atoms with Crippen LogP contribution in [-0.2, 0) is 20.5 Å². The summed E-state index contributed by atoms with van der Waals surface area (Å²) in [7, 11) is -0.400. The number of nitrogens with one attached hydrogen (secondary N) is 1. The van der Waals surface area contributed by atoms with E-state index >= 15 is 0 Å². The van der Waals surface area contributed by atoms with E-state index in [-0.39, 0.29) is 22.5 Å². The highest BCUT2D eigenvalue weighted by Gasteiger charge is 2.52. The van der Waals surface area contributed by atoms with Gasteiger partial charge >= 0.3 is 7.12 Å². The molecule has 1 aliphatic rings. The average molecular weight is 345 g/mol. The number of hydrogen-bond donors (Lipinski definition) is 1. The Balaban J connectivity index is 2.14. The molecule has 0 saturated carbocycles. The van der Waals surface area contributed by atoms with Crippen LogP contribution in [0.3, 0.4) is 0 Å². The minimum Gasteiger partial charge on any atom is -0.399 e. The molecule has 1 fully saturated rings. The van der Waals surface area contributed by atoms with Gasteiger partial charge in [-0.1, -0.05) is 39.0 Å². The Kier molecular flexibility index (Phi) is 5.41. The molecular formula is C20H32BNO3. The van der Waals surface area contributed by atoms with Crippen LogP contribution in [0.2, 0.25) is 0 Å². The maximum Gasteiger partial charge on any atom is 0.495 e. The summed E-state index contributed by atoms with van der Waals surface area (Å²) in [4.78, 5) is 12.3. The molecule has 2 rings (SSSR count). The van der Waals surface area contributed by atoms with E-state index < -0.39 is 7.12 Å². The third-order valence-corrected chi connectivity index (χ3v) is 5.16. The van der Waals surface area contributed by atoms with Gasteiger partial charge in [0, 0.05) is 6.54 Å². The molecule has 1 aromatic carbocycles. The largest absolute Gasteiger partial charge is 0.495 e. The Morgan fingerprint density at radius 2 is 1.68 bits per heavy atom. The predicted molar refractivity (Wildman–Crippen MR) is 103 cm³/mol. The van der Waals surface area contributed by atoms with E-state index in [2.05, 4.69) is 26.1 Å². The summed E-state index contributed by atoms with van der Waals surface area (Å²) in [6.45, 7) is 17.2. The zero-order chi connectivity index (χ0) is 19.0. The second kappa shape index (κ2) is 6.77. The first kappa shape index (κ1) is 20.0. The minimum absolute atomic E-state index is 0.0455. The Morgan fingerprint density at radius 3 is 2.20 bits per heavy atom. The maximum absolute atomic E-state index is 12.3. The van der Waals surface area contributed by atoms with Gasteiger partial charge < -0.3 is 14.6 Å². The lowest BCUT2D eigenvalue weighted by Crippen LogP contribution is -2.41.